The number of aromatic nitrogens is 1. The van der Waals surface area contributed by atoms with Crippen LogP contribution in [0.15, 0.2) is 24.5 Å². The largest absolute Gasteiger partial charge is 0.479 e. The lowest BCUT2D eigenvalue weighted by Gasteiger charge is -2.23. The number of carbonyl (C=O) groups is 1. The van der Waals surface area contributed by atoms with Gasteiger partial charge < -0.3 is 5.11 Å². The molecule has 1 aliphatic rings. The van der Waals surface area contributed by atoms with Gasteiger partial charge in [-0.05, 0) is 6.07 Å². The smallest absolute Gasteiger partial charge is 0.339 e. The molecule has 1 saturated heterocycles. The molecule has 14 heavy (non-hydrogen) atoms. The average Bonchev–Trinajstić information content (AvgIpc) is 2.69. The van der Waals surface area contributed by atoms with Gasteiger partial charge in [-0.1, -0.05) is 6.07 Å². The predicted octanol–water partition coefficient (Wildman–Crippen LogP) is 0.655. The highest BCUT2D eigenvalue weighted by Crippen LogP contribution is 2.37. The lowest BCUT2D eigenvalue weighted by atomic mass is 10.1. The number of nitrogens with one attached hydrogen (secondary N) is 1. The van der Waals surface area contributed by atoms with E-state index >= 15 is 0 Å². The molecule has 0 aliphatic carbocycles. The Hall–Kier alpha value is -1.07. The number of thioether (sulfide) groups is 1. The lowest BCUT2D eigenvalue weighted by Crippen LogP contribution is -2.42. The van der Waals surface area contributed by atoms with Crippen LogP contribution in [0.2, 0.25) is 0 Å². The molecule has 2 N–H and O–H groups in total. The van der Waals surface area contributed by atoms with Crippen molar-refractivity contribution in [2.75, 3.05) is 12.3 Å². The van der Waals surface area contributed by atoms with Gasteiger partial charge in [-0.15, -0.1) is 11.8 Å². The van der Waals surface area contributed by atoms with Crippen LogP contribution >= 0.6 is 11.8 Å². The molecule has 0 bridgehead atoms. The van der Waals surface area contributed by atoms with Crippen molar-refractivity contribution in [3.05, 3.63) is 30.1 Å². The van der Waals surface area contributed by atoms with Gasteiger partial charge in [0, 0.05) is 30.3 Å². The third-order valence-electron chi connectivity index (χ3n) is 2.16. The van der Waals surface area contributed by atoms with Crippen molar-refractivity contribution in [2.24, 2.45) is 0 Å². The number of carboxylic acid groups (broad SMARTS) is 1. The summed E-state index contributed by atoms with van der Waals surface area (Å²) >= 11 is 1.40. The molecular weight excluding hydrogens is 200 g/mol. The second-order valence-corrected chi connectivity index (χ2v) is 4.31. The van der Waals surface area contributed by atoms with Crippen LogP contribution in [0.4, 0.5) is 0 Å². The third-order valence-corrected chi connectivity index (χ3v) is 3.56. The summed E-state index contributed by atoms with van der Waals surface area (Å²) in [6, 6.07) is 3.53. The van der Waals surface area contributed by atoms with Crippen LogP contribution in [-0.4, -0.2) is 28.4 Å². The molecule has 74 valence electrons. The molecule has 0 aromatic carbocycles. The SMILES string of the molecule is O=C(O)C1(c2cccnc2)NCCS1. The molecule has 4 nitrogen and oxygen atoms in total. The highest BCUT2D eigenvalue weighted by atomic mass is 32.2. The van der Waals surface area contributed by atoms with E-state index in [4.69, 9.17) is 0 Å². The van der Waals surface area contributed by atoms with Gasteiger partial charge in [0.25, 0.3) is 0 Å². The van der Waals surface area contributed by atoms with Crippen LogP contribution in [-0.2, 0) is 9.67 Å². The molecule has 2 rings (SSSR count). The molecule has 1 aliphatic heterocycles. The summed E-state index contributed by atoms with van der Waals surface area (Å²) in [7, 11) is 0. The van der Waals surface area contributed by atoms with Gasteiger partial charge in [0.2, 0.25) is 0 Å². The maximum atomic E-state index is 11.2. The first kappa shape index (κ1) is 9.48. The average molecular weight is 210 g/mol. The van der Waals surface area contributed by atoms with E-state index in [1.807, 2.05) is 0 Å². The van der Waals surface area contributed by atoms with Crippen LogP contribution in [0.3, 0.4) is 0 Å². The zero-order valence-electron chi connectivity index (χ0n) is 7.43. The summed E-state index contributed by atoms with van der Waals surface area (Å²) in [5, 5.41) is 12.2. The van der Waals surface area contributed by atoms with Gasteiger partial charge in [-0.25, -0.2) is 4.79 Å². The second-order valence-electron chi connectivity index (χ2n) is 3.00. The molecule has 1 aromatic rings. The molecule has 1 atom stereocenters. The Balaban J connectivity index is 2.42. The Labute approximate surface area is 85.7 Å². The Kier molecular flexibility index (Phi) is 2.43. The predicted molar refractivity (Wildman–Crippen MR) is 54.0 cm³/mol. The molecule has 0 saturated carbocycles. The second kappa shape index (κ2) is 3.59. The highest BCUT2D eigenvalue weighted by Gasteiger charge is 2.44. The van der Waals surface area contributed by atoms with Crippen LogP contribution in [0, 0.1) is 0 Å². The topological polar surface area (TPSA) is 62.2 Å². The first-order chi connectivity index (χ1) is 6.76. The van der Waals surface area contributed by atoms with E-state index in [2.05, 4.69) is 10.3 Å². The fourth-order valence-electron chi connectivity index (χ4n) is 1.50. The minimum absolute atomic E-state index is 0.704. The van der Waals surface area contributed by atoms with Gasteiger partial charge in [-0.2, -0.15) is 0 Å². The molecule has 0 spiro atoms. The summed E-state index contributed by atoms with van der Waals surface area (Å²) in [4.78, 5) is 14.2. The number of pyridine rings is 1. The van der Waals surface area contributed by atoms with E-state index in [1.54, 1.807) is 24.5 Å². The number of hydrogen-bond donors (Lipinski definition) is 2. The van der Waals surface area contributed by atoms with Crippen molar-refractivity contribution < 1.29 is 9.90 Å². The quantitative estimate of drug-likeness (QED) is 0.750. The number of carboxylic acids is 1. The number of rotatable bonds is 2. The lowest BCUT2D eigenvalue weighted by molar-refractivity contribution is -0.140. The number of aliphatic carboxylic acids is 1. The van der Waals surface area contributed by atoms with E-state index in [-0.39, 0.29) is 0 Å². The van der Waals surface area contributed by atoms with Gasteiger partial charge in [0.15, 0.2) is 4.87 Å². The summed E-state index contributed by atoms with van der Waals surface area (Å²) in [6.07, 6.45) is 3.23. The summed E-state index contributed by atoms with van der Waals surface area (Å²) in [5.74, 6) is -0.0470. The molecule has 1 unspecified atom stereocenters. The van der Waals surface area contributed by atoms with Crippen molar-refractivity contribution in [1.29, 1.82) is 0 Å². The summed E-state index contributed by atoms with van der Waals surface area (Å²) in [5.41, 5.74) is 0.704. The van der Waals surface area contributed by atoms with Crippen molar-refractivity contribution in [3.8, 4) is 0 Å². The van der Waals surface area contributed by atoms with E-state index in [0.29, 0.717) is 12.1 Å². The number of nitrogens with zero attached hydrogens (tertiary/aromatic N) is 1. The van der Waals surface area contributed by atoms with Crippen molar-refractivity contribution >= 4 is 17.7 Å². The molecule has 2 heterocycles. The first-order valence-corrected chi connectivity index (χ1v) is 5.27. The molecule has 1 aromatic heterocycles. The maximum Gasteiger partial charge on any atom is 0.339 e. The van der Waals surface area contributed by atoms with E-state index in [9.17, 15) is 9.90 Å². The van der Waals surface area contributed by atoms with Gasteiger partial charge in [0.05, 0.1) is 0 Å². The fraction of sp³-hybridized carbons (Fsp3) is 0.333. The zero-order valence-corrected chi connectivity index (χ0v) is 8.25. The normalized spacial score (nSPS) is 26.3. The van der Waals surface area contributed by atoms with Crippen molar-refractivity contribution in [3.63, 3.8) is 0 Å². The van der Waals surface area contributed by atoms with Gasteiger partial charge in [-0.3, -0.25) is 10.3 Å². The fourth-order valence-corrected chi connectivity index (χ4v) is 2.62. The summed E-state index contributed by atoms with van der Waals surface area (Å²) in [6.45, 7) is 0.714. The summed E-state index contributed by atoms with van der Waals surface area (Å²) < 4.78 is 0. The standard InChI is InChI=1S/C9H10N2O2S/c12-8(13)9(11-4-5-14-9)7-2-1-3-10-6-7/h1-3,6,11H,4-5H2,(H,12,13). The highest BCUT2D eigenvalue weighted by molar-refractivity contribution is 8.01. The van der Waals surface area contributed by atoms with E-state index in [0.717, 1.165) is 5.75 Å². The van der Waals surface area contributed by atoms with Crippen molar-refractivity contribution in [1.82, 2.24) is 10.3 Å². The molecule has 5 heteroatoms. The van der Waals surface area contributed by atoms with Crippen LogP contribution in [0.1, 0.15) is 5.56 Å². The first-order valence-electron chi connectivity index (χ1n) is 4.28. The minimum atomic E-state index is -0.992. The molecule has 0 radical (unpaired) electrons. The molecular formula is C9H10N2O2S. The Morgan fingerprint density at radius 3 is 3.07 bits per heavy atom. The van der Waals surface area contributed by atoms with E-state index < -0.39 is 10.8 Å². The van der Waals surface area contributed by atoms with E-state index in [1.165, 1.54) is 11.8 Å². The van der Waals surface area contributed by atoms with Gasteiger partial charge >= 0.3 is 5.97 Å². The molecule has 0 amide bonds. The Bertz CT molecular complexity index is 336. The Morgan fingerprint density at radius 2 is 2.57 bits per heavy atom. The minimum Gasteiger partial charge on any atom is -0.479 e. The van der Waals surface area contributed by atoms with Crippen molar-refractivity contribution in [2.45, 2.75) is 4.87 Å². The van der Waals surface area contributed by atoms with Crippen LogP contribution in [0.5, 0.6) is 0 Å². The zero-order chi connectivity index (χ0) is 10.0. The molecule has 1 fully saturated rings. The third kappa shape index (κ3) is 1.38. The number of hydrogen-bond acceptors (Lipinski definition) is 4. The maximum absolute atomic E-state index is 11.2. The monoisotopic (exact) mass is 210 g/mol. The Morgan fingerprint density at radius 1 is 1.71 bits per heavy atom. The van der Waals surface area contributed by atoms with Gasteiger partial charge in [0.1, 0.15) is 0 Å². The van der Waals surface area contributed by atoms with Crippen LogP contribution < -0.4 is 5.32 Å². The van der Waals surface area contributed by atoms with Crippen LogP contribution in [0.25, 0.3) is 0 Å².